The van der Waals surface area contributed by atoms with Crippen LogP contribution in [0.5, 0.6) is 0 Å². The van der Waals surface area contributed by atoms with Gasteiger partial charge in [-0.15, -0.1) is 0 Å². The van der Waals surface area contributed by atoms with E-state index in [4.69, 9.17) is 4.74 Å². The Bertz CT molecular complexity index is 567. The minimum Gasteiger partial charge on any atom is -0.378 e. The van der Waals surface area contributed by atoms with Gasteiger partial charge in [0.05, 0.1) is 6.10 Å². The number of amides is 2. The average molecular weight is 330 g/mol. The lowest BCUT2D eigenvalue weighted by atomic mass is 9.94. The minimum atomic E-state index is 0.0166. The Morgan fingerprint density at radius 2 is 1.83 bits per heavy atom. The van der Waals surface area contributed by atoms with E-state index in [-0.39, 0.29) is 29.9 Å². The summed E-state index contributed by atoms with van der Waals surface area (Å²) >= 11 is 0. The molecule has 2 saturated heterocycles. The molecule has 1 aromatic rings. The van der Waals surface area contributed by atoms with Gasteiger partial charge in [0.1, 0.15) is 0 Å². The molecule has 2 amide bonds. The first-order valence-corrected chi connectivity index (χ1v) is 8.90. The van der Waals surface area contributed by atoms with Gasteiger partial charge in [-0.2, -0.15) is 0 Å². The fraction of sp³-hybridized carbons (Fsp3) is 0.579. The number of rotatable bonds is 3. The lowest BCUT2D eigenvalue weighted by Crippen LogP contribution is -2.47. The fourth-order valence-electron chi connectivity index (χ4n) is 3.56. The maximum absolute atomic E-state index is 12.5. The predicted octanol–water partition coefficient (Wildman–Crippen LogP) is 2.22. The molecule has 5 heteroatoms. The minimum absolute atomic E-state index is 0.0166. The number of likely N-dealkylation sites (tertiary alicyclic amines) is 1. The van der Waals surface area contributed by atoms with Crippen LogP contribution in [0.3, 0.4) is 0 Å². The first-order valence-electron chi connectivity index (χ1n) is 8.90. The SMILES string of the molecule is CC1CC(NC(=O)C2CCN(C(=O)c3ccccc3)CC2)CCO1. The monoisotopic (exact) mass is 330 g/mol. The summed E-state index contributed by atoms with van der Waals surface area (Å²) in [6.07, 6.45) is 3.47. The molecule has 1 N–H and O–H groups in total. The Labute approximate surface area is 143 Å². The second-order valence-electron chi connectivity index (χ2n) is 6.84. The van der Waals surface area contributed by atoms with Crippen LogP contribution in [-0.4, -0.2) is 48.6 Å². The third-order valence-electron chi connectivity index (χ3n) is 5.01. The van der Waals surface area contributed by atoms with Crippen LogP contribution in [-0.2, 0) is 9.53 Å². The van der Waals surface area contributed by atoms with Crippen LogP contribution < -0.4 is 5.32 Å². The van der Waals surface area contributed by atoms with E-state index in [0.29, 0.717) is 13.1 Å². The summed E-state index contributed by atoms with van der Waals surface area (Å²) in [6.45, 7) is 4.06. The molecule has 0 radical (unpaired) electrons. The Morgan fingerprint density at radius 1 is 1.12 bits per heavy atom. The second kappa shape index (κ2) is 7.79. The van der Waals surface area contributed by atoms with Gasteiger partial charge < -0.3 is 15.0 Å². The third kappa shape index (κ3) is 4.15. The fourth-order valence-corrected chi connectivity index (χ4v) is 3.56. The summed E-state index contributed by atoms with van der Waals surface area (Å²) in [4.78, 5) is 26.8. The van der Waals surface area contributed by atoms with Gasteiger partial charge in [0.2, 0.25) is 5.91 Å². The maximum atomic E-state index is 12.5. The third-order valence-corrected chi connectivity index (χ3v) is 5.01. The molecule has 2 aliphatic rings. The normalized spacial score (nSPS) is 25.3. The number of benzene rings is 1. The van der Waals surface area contributed by atoms with E-state index in [0.717, 1.165) is 37.9 Å². The summed E-state index contributed by atoms with van der Waals surface area (Å²) < 4.78 is 5.52. The van der Waals surface area contributed by atoms with Crippen molar-refractivity contribution in [2.75, 3.05) is 19.7 Å². The van der Waals surface area contributed by atoms with E-state index in [9.17, 15) is 9.59 Å². The van der Waals surface area contributed by atoms with Crippen molar-refractivity contribution < 1.29 is 14.3 Å². The molecule has 2 unspecified atom stereocenters. The van der Waals surface area contributed by atoms with Gasteiger partial charge in [-0.05, 0) is 44.7 Å². The number of nitrogens with one attached hydrogen (secondary N) is 1. The summed E-state index contributed by atoms with van der Waals surface area (Å²) in [5, 5.41) is 3.17. The van der Waals surface area contributed by atoms with Crippen molar-refractivity contribution in [2.24, 2.45) is 5.92 Å². The molecule has 0 saturated carbocycles. The summed E-state index contributed by atoms with van der Waals surface area (Å²) in [5.74, 6) is 0.219. The predicted molar refractivity (Wildman–Crippen MR) is 91.6 cm³/mol. The summed E-state index contributed by atoms with van der Waals surface area (Å²) in [7, 11) is 0. The molecule has 2 heterocycles. The number of nitrogens with zero attached hydrogens (tertiary/aromatic N) is 1. The number of carbonyl (C=O) groups is 2. The van der Waals surface area contributed by atoms with Gasteiger partial charge in [0, 0.05) is 37.2 Å². The Balaban J connectivity index is 1.48. The van der Waals surface area contributed by atoms with Crippen LogP contribution in [0.4, 0.5) is 0 Å². The number of ether oxygens (including phenoxy) is 1. The number of carbonyl (C=O) groups excluding carboxylic acids is 2. The smallest absolute Gasteiger partial charge is 0.253 e. The summed E-state index contributed by atoms with van der Waals surface area (Å²) in [6, 6.07) is 9.57. The highest BCUT2D eigenvalue weighted by Crippen LogP contribution is 2.21. The van der Waals surface area contributed by atoms with Crippen LogP contribution in [0.15, 0.2) is 30.3 Å². The Hall–Kier alpha value is -1.88. The van der Waals surface area contributed by atoms with Gasteiger partial charge in [0.25, 0.3) is 5.91 Å². The van der Waals surface area contributed by atoms with Crippen molar-refractivity contribution in [2.45, 2.75) is 44.8 Å². The first kappa shape index (κ1) is 17.0. The molecule has 5 nitrogen and oxygen atoms in total. The van der Waals surface area contributed by atoms with Crippen LogP contribution in [0.2, 0.25) is 0 Å². The highest BCUT2D eigenvalue weighted by molar-refractivity contribution is 5.94. The van der Waals surface area contributed by atoms with Gasteiger partial charge in [0.15, 0.2) is 0 Å². The quantitative estimate of drug-likeness (QED) is 0.924. The van der Waals surface area contributed by atoms with E-state index in [1.807, 2.05) is 42.2 Å². The standard InChI is InChI=1S/C19H26N2O3/c1-14-13-17(9-12-24-14)20-18(22)15-7-10-21(11-8-15)19(23)16-5-3-2-4-6-16/h2-6,14-15,17H,7-13H2,1H3,(H,20,22). The van der Waals surface area contributed by atoms with Crippen molar-refractivity contribution >= 4 is 11.8 Å². The molecule has 24 heavy (non-hydrogen) atoms. The topological polar surface area (TPSA) is 58.6 Å². The van der Waals surface area contributed by atoms with Crippen LogP contribution in [0.1, 0.15) is 43.0 Å². The Morgan fingerprint density at radius 3 is 2.50 bits per heavy atom. The highest BCUT2D eigenvalue weighted by atomic mass is 16.5. The van der Waals surface area contributed by atoms with Gasteiger partial charge in [-0.1, -0.05) is 18.2 Å². The molecule has 130 valence electrons. The van der Waals surface area contributed by atoms with E-state index in [1.54, 1.807) is 0 Å². The van der Waals surface area contributed by atoms with E-state index >= 15 is 0 Å². The average Bonchev–Trinajstić information content (AvgIpc) is 2.62. The largest absolute Gasteiger partial charge is 0.378 e. The molecule has 2 fully saturated rings. The van der Waals surface area contributed by atoms with Crippen LogP contribution >= 0.6 is 0 Å². The zero-order valence-corrected chi connectivity index (χ0v) is 14.2. The molecule has 1 aromatic carbocycles. The molecule has 0 aromatic heterocycles. The van der Waals surface area contributed by atoms with Crippen LogP contribution in [0.25, 0.3) is 0 Å². The zero-order valence-electron chi connectivity index (χ0n) is 14.2. The number of hydrogen-bond acceptors (Lipinski definition) is 3. The van der Waals surface area contributed by atoms with Crippen molar-refractivity contribution in [3.63, 3.8) is 0 Å². The highest BCUT2D eigenvalue weighted by Gasteiger charge is 2.29. The van der Waals surface area contributed by atoms with Gasteiger partial charge in [-0.25, -0.2) is 0 Å². The number of hydrogen-bond donors (Lipinski definition) is 1. The molecular weight excluding hydrogens is 304 g/mol. The van der Waals surface area contributed by atoms with Crippen molar-refractivity contribution in [1.82, 2.24) is 10.2 Å². The molecular formula is C19H26N2O3. The van der Waals surface area contributed by atoms with Crippen molar-refractivity contribution in [3.05, 3.63) is 35.9 Å². The second-order valence-corrected chi connectivity index (χ2v) is 6.84. The molecule has 2 aliphatic heterocycles. The van der Waals surface area contributed by atoms with Crippen molar-refractivity contribution in [3.8, 4) is 0 Å². The van der Waals surface area contributed by atoms with Crippen LogP contribution in [0, 0.1) is 5.92 Å². The lowest BCUT2D eigenvalue weighted by Gasteiger charge is -2.33. The molecule has 0 aliphatic carbocycles. The summed E-state index contributed by atoms with van der Waals surface area (Å²) in [5.41, 5.74) is 0.719. The zero-order chi connectivity index (χ0) is 16.9. The number of piperidine rings is 1. The Kier molecular flexibility index (Phi) is 5.51. The lowest BCUT2D eigenvalue weighted by molar-refractivity contribution is -0.128. The van der Waals surface area contributed by atoms with E-state index in [1.165, 1.54) is 0 Å². The van der Waals surface area contributed by atoms with E-state index < -0.39 is 0 Å². The van der Waals surface area contributed by atoms with Gasteiger partial charge >= 0.3 is 0 Å². The molecule has 0 spiro atoms. The van der Waals surface area contributed by atoms with E-state index in [2.05, 4.69) is 5.32 Å². The molecule has 3 rings (SSSR count). The molecule has 2 atom stereocenters. The maximum Gasteiger partial charge on any atom is 0.253 e. The molecule has 0 bridgehead atoms. The van der Waals surface area contributed by atoms with Gasteiger partial charge in [-0.3, -0.25) is 9.59 Å². The van der Waals surface area contributed by atoms with Crippen molar-refractivity contribution in [1.29, 1.82) is 0 Å². The first-order chi connectivity index (χ1) is 11.6.